The van der Waals surface area contributed by atoms with Gasteiger partial charge in [-0.3, -0.25) is 0 Å². The summed E-state index contributed by atoms with van der Waals surface area (Å²) in [5, 5.41) is 0. The van der Waals surface area contributed by atoms with Crippen LogP contribution in [0, 0.1) is 0 Å². The van der Waals surface area contributed by atoms with Gasteiger partial charge in [0.2, 0.25) is 0 Å². The third-order valence-electron chi connectivity index (χ3n) is 2.27. The SMILES string of the molecule is CCO[SiH](CC(C)OC1CCO1)OCC. The minimum Gasteiger partial charge on any atom is -0.397 e. The highest BCUT2D eigenvalue weighted by atomic mass is 28.3. The van der Waals surface area contributed by atoms with Crippen molar-refractivity contribution in [2.75, 3.05) is 19.8 Å². The normalized spacial score (nSPS) is 22.8. The van der Waals surface area contributed by atoms with Gasteiger partial charge in [-0.25, -0.2) is 0 Å². The molecule has 2 atom stereocenters. The zero-order chi connectivity index (χ0) is 11.1. The zero-order valence-electron chi connectivity index (χ0n) is 9.90. The van der Waals surface area contributed by atoms with Crippen LogP contribution >= 0.6 is 0 Å². The molecule has 1 rings (SSSR count). The van der Waals surface area contributed by atoms with E-state index in [4.69, 9.17) is 18.3 Å². The number of ether oxygens (including phenoxy) is 2. The molecule has 0 N–H and O–H groups in total. The van der Waals surface area contributed by atoms with E-state index in [1.807, 2.05) is 13.8 Å². The van der Waals surface area contributed by atoms with Gasteiger partial charge in [0, 0.05) is 25.7 Å². The van der Waals surface area contributed by atoms with Crippen LogP contribution in [0.15, 0.2) is 0 Å². The monoisotopic (exact) mass is 234 g/mol. The Labute approximate surface area is 93.7 Å². The van der Waals surface area contributed by atoms with Crippen LogP contribution in [-0.4, -0.2) is 41.5 Å². The van der Waals surface area contributed by atoms with Gasteiger partial charge in [0.05, 0.1) is 12.7 Å². The summed E-state index contributed by atoms with van der Waals surface area (Å²) in [6.07, 6.45) is 1.20. The second-order valence-electron chi connectivity index (χ2n) is 3.61. The van der Waals surface area contributed by atoms with E-state index >= 15 is 0 Å². The van der Waals surface area contributed by atoms with Gasteiger partial charge >= 0.3 is 9.28 Å². The van der Waals surface area contributed by atoms with E-state index in [1.54, 1.807) is 0 Å². The molecule has 0 aromatic carbocycles. The van der Waals surface area contributed by atoms with Crippen LogP contribution in [0.25, 0.3) is 0 Å². The Hall–Kier alpha value is 0.0569. The Morgan fingerprint density at radius 1 is 1.33 bits per heavy atom. The molecule has 0 radical (unpaired) electrons. The van der Waals surface area contributed by atoms with E-state index in [0.717, 1.165) is 32.3 Å². The van der Waals surface area contributed by atoms with Gasteiger partial charge in [-0.1, -0.05) is 0 Å². The van der Waals surface area contributed by atoms with Crippen LogP contribution in [0.5, 0.6) is 0 Å². The van der Waals surface area contributed by atoms with Crippen molar-refractivity contribution in [1.29, 1.82) is 0 Å². The zero-order valence-corrected chi connectivity index (χ0v) is 11.1. The summed E-state index contributed by atoms with van der Waals surface area (Å²) in [5.74, 6) is 0. The van der Waals surface area contributed by atoms with Crippen molar-refractivity contribution >= 4 is 9.28 Å². The highest BCUT2D eigenvalue weighted by Crippen LogP contribution is 2.17. The first-order valence-electron chi connectivity index (χ1n) is 5.76. The Bertz CT molecular complexity index is 158. The van der Waals surface area contributed by atoms with Crippen molar-refractivity contribution in [1.82, 2.24) is 0 Å². The molecule has 90 valence electrons. The molecule has 0 amide bonds. The van der Waals surface area contributed by atoms with Gasteiger partial charge in [-0.05, 0) is 20.8 Å². The van der Waals surface area contributed by atoms with Crippen molar-refractivity contribution in [2.45, 2.75) is 45.6 Å². The van der Waals surface area contributed by atoms with Crippen LogP contribution in [0.1, 0.15) is 27.2 Å². The van der Waals surface area contributed by atoms with Gasteiger partial charge < -0.3 is 18.3 Å². The van der Waals surface area contributed by atoms with E-state index in [0.29, 0.717) is 0 Å². The maximum atomic E-state index is 5.66. The lowest BCUT2D eigenvalue weighted by atomic mass is 10.3. The quantitative estimate of drug-likeness (QED) is 0.595. The van der Waals surface area contributed by atoms with Gasteiger partial charge in [-0.15, -0.1) is 0 Å². The van der Waals surface area contributed by atoms with E-state index in [1.165, 1.54) is 0 Å². The average molecular weight is 234 g/mol. The largest absolute Gasteiger partial charge is 0.397 e. The molecule has 1 aliphatic rings. The van der Waals surface area contributed by atoms with E-state index in [9.17, 15) is 0 Å². The fourth-order valence-corrected chi connectivity index (χ4v) is 3.23. The summed E-state index contributed by atoms with van der Waals surface area (Å²) < 4.78 is 22.0. The van der Waals surface area contributed by atoms with Crippen LogP contribution in [0.2, 0.25) is 6.04 Å². The Balaban J connectivity index is 2.15. The Morgan fingerprint density at radius 2 is 1.93 bits per heavy atom. The van der Waals surface area contributed by atoms with E-state index in [-0.39, 0.29) is 12.4 Å². The average Bonchev–Trinajstić information content (AvgIpc) is 2.12. The van der Waals surface area contributed by atoms with Gasteiger partial charge in [0.25, 0.3) is 0 Å². The van der Waals surface area contributed by atoms with Crippen molar-refractivity contribution in [3.63, 3.8) is 0 Å². The molecule has 1 aliphatic heterocycles. The van der Waals surface area contributed by atoms with Crippen LogP contribution in [0.3, 0.4) is 0 Å². The summed E-state index contributed by atoms with van der Waals surface area (Å²) >= 11 is 0. The molecule has 5 heteroatoms. The predicted molar refractivity (Wildman–Crippen MR) is 60.1 cm³/mol. The third kappa shape index (κ3) is 5.08. The number of hydrogen-bond donors (Lipinski definition) is 0. The topological polar surface area (TPSA) is 36.9 Å². The molecule has 2 unspecified atom stereocenters. The van der Waals surface area contributed by atoms with Crippen molar-refractivity contribution < 1.29 is 18.3 Å². The standard InChI is InChI=1S/C10H22O4Si/c1-4-12-15(13-5-2)8-9(3)14-10-6-7-11-10/h9-10,15H,4-8H2,1-3H3. The van der Waals surface area contributed by atoms with Crippen molar-refractivity contribution in [3.05, 3.63) is 0 Å². The van der Waals surface area contributed by atoms with Crippen LogP contribution < -0.4 is 0 Å². The molecule has 0 spiro atoms. The van der Waals surface area contributed by atoms with Gasteiger partial charge in [-0.2, -0.15) is 0 Å². The first-order chi connectivity index (χ1) is 7.26. The second kappa shape index (κ2) is 7.35. The fourth-order valence-electron chi connectivity index (χ4n) is 1.46. The summed E-state index contributed by atoms with van der Waals surface area (Å²) in [7, 11) is -1.52. The molecule has 0 aromatic rings. The molecule has 0 aromatic heterocycles. The Morgan fingerprint density at radius 3 is 2.33 bits per heavy atom. The first-order valence-corrected chi connectivity index (χ1v) is 7.52. The maximum Gasteiger partial charge on any atom is 0.324 e. The lowest BCUT2D eigenvalue weighted by Gasteiger charge is -2.30. The van der Waals surface area contributed by atoms with Crippen LogP contribution in [0.4, 0.5) is 0 Å². The summed E-state index contributed by atoms with van der Waals surface area (Å²) in [6, 6.07) is 0.890. The molecular weight excluding hydrogens is 212 g/mol. The molecule has 0 bridgehead atoms. The lowest BCUT2D eigenvalue weighted by molar-refractivity contribution is -0.230. The summed E-state index contributed by atoms with van der Waals surface area (Å²) in [4.78, 5) is 0. The molecule has 1 heterocycles. The lowest BCUT2D eigenvalue weighted by Crippen LogP contribution is -2.35. The first kappa shape index (κ1) is 13.1. The summed E-state index contributed by atoms with van der Waals surface area (Å²) in [5.41, 5.74) is 0. The van der Waals surface area contributed by atoms with Crippen molar-refractivity contribution in [2.24, 2.45) is 0 Å². The number of rotatable bonds is 8. The minimum atomic E-state index is -1.52. The smallest absolute Gasteiger partial charge is 0.324 e. The molecule has 1 saturated heterocycles. The molecule has 0 saturated carbocycles. The molecular formula is C10H22O4Si. The maximum absolute atomic E-state index is 5.66. The predicted octanol–water partition coefficient (Wildman–Crippen LogP) is 1.43. The summed E-state index contributed by atoms with van der Waals surface area (Å²) in [6.45, 7) is 8.33. The fraction of sp³-hybridized carbons (Fsp3) is 1.00. The minimum absolute atomic E-state index is 0.0119. The highest BCUT2D eigenvalue weighted by molar-refractivity contribution is 6.44. The molecule has 15 heavy (non-hydrogen) atoms. The Kier molecular flexibility index (Phi) is 6.43. The molecule has 1 fully saturated rings. The highest BCUT2D eigenvalue weighted by Gasteiger charge is 2.24. The van der Waals surface area contributed by atoms with Gasteiger partial charge in [0.15, 0.2) is 6.29 Å². The number of hydrogen-bond acceptors (Lipinski definition) is 4. The van der Waals surface area contributed by atoms with E-state index in [2.05, 4.69) is 6.92 Å². The van der Waals surface area contributed by atoms with E-state index < -0.39 is 9.28 Å². The molecule has 4 nitrogen and oxygen atoms in total. The van der Waals surface area contributed by atoms with Gasteiger partial charge in [0.1, 0.15) is 0 Å². The van der Waals surface area contributed by atoms with Crippen molar-refractivity contribution in [3.8, 4) is 0 Å². The van der Waals surface area contributed by atoms with Crippen LogP contribution in [-0.2, 0) is 18.3 Å². The molecule has 0 aliphatic carbocycles. The second-order valence-corrected chi connectivity index (χ2v) is 5.61. The third-order valence-corrected chi connectivity index (χ3v) is 4.73.